The van der Waals surface area contributed by atoms with Crippen molar-refractivity contribution in [1.29, 1.82) is 0 Å². The first-order valence-electron chi connectivity index (χ1n) is 5.98. The van der Waals surface area contributed by atoms with E-state index in [0.717, 1.165) is 0 Å². The van der Waals surface area contributed by atoms with Gasteiger partial charge in [-0.2, -0.15) is 9.97 Å². The first kappa shape index (κ1) is 18.1. The fourth-order valence-electron chi connectivity index (χ4n) is 1.56. The molecule has 1 aliphatic rings. The van der Waals surface area contributed by atoms with Gasteiger partial charge in [-0.25, -0.2) is 0 Å². The maximum absolute atomic E-state index is 9.12. The molecule has 126 valence electrons. The second kappa shape index (κ2) is 7.35. The second-order valence-corrected chi connectivity index (χ2v) is 4.36. The molecule has 2 rings (SSSR count). The van der Waals surface area contributed by atoms with Gasteiger partial charge in [0.2, 0.25) is 11.7 Å². The van der Waals surface area contributed by atoms with Crippen LogP contribution < -0.4 is 11.5 Å². The number of nitrogen functional groups attached to an aromatic ring is 2. The number of hydrogen-bond acceptors (Lipinski definition) is 12. The molecule has 1 aromatic rings. The zero-order valence-electron chi connectivity index (χ0n) is 11.2. The Morgan fingerprint density at radius 1 is 0.955 bits per heavy atom. The van der Waals surface area contributed by atoms with E-state index in [1.54, 1.807) is 0 Å². The molecule has 1 aromatic heterocycles. The smallest absolute Gasteiger partial charge is 0.261 e. The molecule has 22 heavy (non-hydrogen) atoms. The van der Waals surface area contributed by atoms with Gasteiger partial charge in [-0.05, 0) is 0 Å². The zero-order chi connectivity index (χ0) is 17.0. The predicted octanol–water partition coefficient (Wildman–Crippen LogP) is -4.17. The van der Waals surface area contributed by atoms with Crippen molar-refractivity contribution >= 4 is 11.8 Å². The van der Waals surface area contributed by atoms with Crippen LogP contribution in [0.15, 0.2) is 0 Å². The molecule has 0 spiro atoms. The van der Waals surface area contributed by atoms with Crippen LogP contribution in [0.3, 0.4) is 0 Å². The van der Waals surface area contributed by atoms with Crippen LogP contribution in [0.1, 0.15) is 0 Å². The number of hydrogen-bond donors (Lipinski definition) is 9. The third-order valence-corrected chi connectivity index (χ3v) is 2.78. The summed E-state index contributed by atoms with van der Waals surface area (Å²) in [6, 6.07) is 0. The first-order chi connectivity index (χ1) is 10.2. The lowest BCUT2D eigenvalue weighted by molar-refractivity contribution is -0.286. The van der Waals surface area contributed by atoms with E-state index in [0.29, 0.717) is 0 Å². The van der Waals surface area contributed by atoms with E-state index in [1.165, 1.54) is 0 Å². The standard InChI is InChI=1S/C6H12O6.C4H6N4O2/c7-1-2-3(8)4(9)5(10)6(11)12-2;5-2-1(9)3(10)8-4(6)7-2/h2-11H,1H2;9H,(H5,5,6,7,8,10)/t2-,3-,4+,5-,6?;/m1./s1. The number of aromatic nitrogens is 2. The van der Waals surface area contributed by atoms with Gasteiger partial charge >= 0.3 is 0 Å². The van der Waals surface area contributed by atoms with E-state index in [-0.39, 0.29) is 11.8 Å². The lowest BCUT2D eigenvalue weighted by Crippen LogP contribution is -2.58. The number of rotatable bonds is 1. The lowest BCUT2D eigenvalue weighted by atomic mass is 10.00. The normalized spacial score (nSPS) is 31.2. The molecule has 2 heterocycles. The van der Waals surface area contributed by atoms with Crippen LogP contribution in [0.4, 0.5) is 11.8 Å². The molecule has 5 atom stereocenters. The van der Waals surface area contributed by atoms with Crippen LogP contribution >= 0.6 is 0 Å². The Hall–Kier alpha value is -1.96. The van der Waals surface area contributed by atoms with Gasteiger partial charge in [-0.1, -0.05) is 0 Å². The molecule has 12 nitrogen and oxygen atoms in total. The van der Waals surface area contributed by atoms with Gasteiger partial charge in [0.1, 0.15) is 24.4 Å². The van der Waals surface area contributed by atoms with Gasteiger partial charge in [-0.15, -0.1) is 0 Å². The molecular formula is C10H18N4O8. The maximum Gasteiger partial charge on any atom is 0.261 e. The number of aliphatic hydroxyl groups excluding tert-OH is 5. The van der Waals surface area contributed by atoms with E-state index in [4.69, 9.17) is 47.2 Å². The highest BCUT2D eigenvalue weighted by Gasteiger charge is 2.42. The van der Waals surface area contributed by atoms with Crippen LogP contribution in [-0.2, 0) is 4.74 Å². The number of nitrogens with two attached hydrogens (primary N) is 2. The quantitative estimate of drug-likeness (QED) is 0.240. The van der Waals surface area contributed by atoms with Crippen LogP contribution in [0.2, 0.25) is 0 Å². The Labute approximate surface area is 123 Å². The molecule has 0 aromatic carbocycles. The SMILES string of the molecule is Nc1nc(N)c(O)c(O)n1.OC[C@H]1OC(O)[C@H](O)[C@@H](O)[C@@H]1O. The molecule has 12 heteroatoms. The van der Waals surface area contributed by atoms with Crippen molar-refractivity contribution in [2.45, 2.75) is 30.7 Å². The van der Waals surface area contributed by atoms with E-state index in [2.05, 4.69) is 14.7 Å². The Balaban J connectivity index is 0.000000224. The molecule has 11 N–H and O–H groups in total. The average molecular weight is 322 g/mol. The van der Waals surface area contributed by atoms with Crippen molar-refractivity contribution in [3.8, 4) is 11.6 Å². The number of aliphatic hydroxyl groups is 5. The molecule has 0 bridgehead atoms. The summed E-state index contributed by atoms with van der Waals surface area (Å²) in [5.41, 5.74) is 10.1. The van der Waals surface area contributed by atoms with Crippen molar-refractivity contribution in [2.24, 2.45) is 0 Å². The number of aromatic hydroxyl groups is 2. The Morgan fingerprint density at radius 3 is 2.05 bits per heavy atom. The largest absolute Gasteiger partial charge is 0.501 e. The summed E-state index contributed by atoms with van der Waals surface area (Å²) in [4.78, 5) is 6.59. The highest BCUT2D eigenvalue weighted by Crippen LogP contribution is 2.26. The first-order valence-corrected chi connectivity index (χ1v) is 5.98. The van der Waals surface area contributed by atoms with Crippen molar-refractivity contribution in [2.75, 3.05) is 18.1 Å². The summed E-state index contributed by atoms with van der Waals surface area (Å²) in [6.07, 6.45) is -7.04. The Morgan fingerprint density at radius 2 is 1.55 bits per heavy atom. The van der Waals surface area contributed by atoms with E-state index in [9.17, 15) is 0 Å². The Bertz CT molecular complexity index is 476. The van der Waals surface area contributed by atoms with Crippen molar-refractivity contribution in [3.05, 3.63) is 0 Å². The summed E-state index contributed by atoms with van der Waals surface area (Å²) in [6.45, 7) is -0.526. The predicted molar refractivity (Wildman–Crippen MR) is 70.2 cm³/mol. The minimum absolute atomic E-state index is 0.173. The molecule has 0 saturated carbocycles. The third kappa shape index (κ3) is 4.03. The number of nitrogens with zero attached hydrogens (tertiary/aromatic N) is 2. The molecule has 1 aliphatic heterocycles. The van der Waals surface area contributed by atoms with Crippen molar-refractivity contribution < 1.29 is 40.5 Å². The molecule has 0 radical (unpaired) electrons. The summed E-state index contributed by atoms with van der Waals surface area (Å²) in [5, 5.41) is 62.2. The maximum atomic E-state index is 9.12. The fourth-order valence-corrected chi connectivity index (χ4v) is 1.56. The number of ether oxygens (including phenoxy) is 1. The molecule has 0 aliphatic carbocycles. The lowest BCUT2D eigenvalue weighted by Gasteiger charge is -2.37. The van der Waals surface area contributed by atoms with Gasteiger partial charge in [-0.3, -0.25) is 0 Å². The van der Waals surface area contributed by atoms with Crippen molar-refractivity contribution in [3.63, 3.8) is 0 Å². The summed E-state index contributed by atoms with van der Waals surface area (Å²) in [5.74, 6) is -1.56. The van der Waals surface area contributed by atoms with E-state index >= 15 is 0 Å². The van der Waals surface area contributed by atoms with Gasteiger partial charge in [0.25, 0.3) is 5.88 Å². The third-order valence-electron chi connectivity index (χ3n) is 2.78. The second-order valence-electron chi connectivity index (χ2n) is 4.36. The average Bonchev–Trinajstić information content (AvgIpc) is 2.47. The van der Waals surface area contributed by atoms with Crippen LogP contribution in [0, 0.1) is 0 Å². The Kier molecular flexibility index (Phi) is 6.04. The van der Waals surface area contributed by atoms with Crippen molar-refractivity contribution in [1.82, 2.24) is 9.97 Å². The van der Waals surface area contributed by atoms with Crippen LogP contribution in [0.25, 0.3) is 0 Å². The fraction of sp³-hybridized carbons (Fsp3) is 0.600. The topological polar surface area (TPSA) is 229 Å². The molecule has 0 amide bonds. The van der Waals surface area contributed by atoms with Gasteiger partial charge in [0.05, 0.1) is 6.61 Å². The van der Waals surface area contributed by atoms with Gasteiger partial charge in [0.15, 0.2) is 12.1 Å². The van der Waals surface area contributed by atoms with Gasteiger partial charge in [0, 0.05) is 0 Å². The van der Waals surface area contributed by atoms with E-state index in [1.807, 2.05) is 0 Å². The van der Waals surface area contributed by atoms with E-state index < -0.39 is 48.9 Å². The minimum atomic E-state index is -1.57. The van der Waals surface area contributed by atoms with Crippen LogP contribution in [-0.4, -0.2) is 83.0 Å². The molecular weight excluding hydrogens is 304 g/mol. The summed E-state index contributed by atoms with van der Waals surface area (Å²) >= 11 is 0. The molecule has 1 fully saturated rings. The summed E-state index contributed by atoms with van der Waals surface area (Å²) < 4.78 is 4.58. The number of anilines is 2. The van der Waals surface area contributed by atoms with Crippen LogP contribution in [0.5, 0.6) is 11.6 Å². The minimum Gasteiger partial charge on any atom is -0.501 e. The molecule has 1 unspecified atom stereocenters. The monoisotopic (exact) mass is 322 g/mol. The highest BCUT2D eigenvalue weighted by atomic mass is 16.6. The zero-order valence-corrected chi connectivity index (χ0v) is 11.2. The summed E-state index contributed by atoms with van der Waals surface area (Å²) in [7, 11) is 0. The highest BCUT2D eigenvalue weighted by molar-refractivity contribution is 5.52. The van der Waals surface area contributed by atoms with Gasteiger partial charge < -0.3 is 51.9 Å². The molecule has 1 saturated heterocycles.